The van der Waals surface area contributed by atoms with Crippen LogP contribution in [-0.2, 0) is 0 Å². The predicted octanol–water partition coefficient (Wildman–Crippen LogP) is 2.42. The summed E-state index contributed by atoms with van der Waals surface area (Å²) in [5.41, 5.74) is 1.27. The van der Waals surface area contributed by atoms with Crippen molar-refractivity contribution in [2.75, 3.05) is 13.1 Å². The van der Waals surface area contributed by atoms with Crippen LogP contribution in [0.2, 0.25) is 0 Å². The first-order valence-electron chi connectivity index (χ1n) is 3.26. The number of nitrogens with zero attached hydrogens (tertiary/aromatic N) is 2. The van der Waals surface area contributed by atoms with Gasteiger partial charge in [-0.1, -0.05) is 11.6 Å². The van der Waals surface area contributed by atoms with Crippen LogP contribution in [0.1, 0.15) is 20.8 Å². The fourth-order valence-corrected chi connectivity index (χ4v) is 0.353. The van der Waals surface area contributed by atoms with Gasteiger partial charge in [0.05, 0.1) is 13.1 Å². The standard InChI is InChI=1S/C7H14N2/c1-4-7(3)6-9-8-5-2/h4H,5-6H2,1-3H3. The van der Waals surface area contributed by atoms with Gasteiger partial charge in [0.15, 0.2) is 0 Å². The molecule has 0 aromatic rings. The molecule has 9 heavy (non-hydrogen) atoms. The molecule has 0 radical (unpaired) electrons. The molecule has 0 saturated carbocycles. The molecule has 0 aromatic heterocycles. The quantitative estimate of drug-likeness (QED) is 0.410. The number of allylic oxidation sites excluding steroid dienone is 1. The summed E-state index contributed by atoms with van der Waals surface area (Å²) in [6, 6.07) is 0. The van der Waals surface area contributed by atoms with E-state index in [1.807, 2.05) is 13.8 Å². The van der Waals surface area contributed by atoms with Gasteiger partial charge in [-0.05, 0) is 20.8 Å². The molecule has 0 bridgehead atoms. The first-order chi connectivity index (χ1) is 4.31. The highest BCUT2D eigenvalue weighted by atomic mass is 15.1. The zero-order chi connectivity index (χ0) is 7.11. The van der Waals surface area contributed by atoms with Gasteiger partial charge in [-0.3, -0.25) is 0 Å². The molecule has 0 atom stereocenters. The zero-order valence-corrected chi connectivity index (χ0v) is 6.39. The lowest BCUT2D eigenvalue weighted by molar-refractivity contribution is 0.913. The van der Waals surface area contributed by atoms with Crippen molar-refractivity contribution in [3.8, 4) is 0 Å². The summed E-state index contributed by atoms with van der Waals surface area (Å²) in [4.78, 5) is 0. The molecule has 0 aliphatic rings. The van der Waals surface area contributed by atoms with Crippen LogP contribution in [0.15, 0.2) is 21.9 Å². The zero-order valence-electron chi connectivity index (χ0n) is 6.39. The molecule has 0 unspecified atom stereocenters. The van der Waals surface area contributed by atoms with Crippen molar-refractivity contribution in [2.45, 2.75) is 20.8 Å². The third-order valence-electron chi connectivity index (χ3n) is 1.05. The van der Waals surface area contributed by atoms with Crippen LogP contribution in [0.3, 0.4) is 0 Å². The molecule has 0 fully saturated rings. The Kier molecular flexibility index (Phi) is 5.07. The van der Waals surface area contributed by atoms with Crippen molar-refractivity contribution in [1.29, 1.82) is 0 Å². The molecule has 52 valence electrons. The van der Waals surface area contributed by atoms with E-state index in [2.05, 4.69) is 23.2 Å². The summed E-state index contributed by atoms with van der Waals surface area (Å²) < 4.78 is 0. The van der Waals surface area contributed by atoms with E-state index in [-0.39, 0.29) is 0 Å². The Balaban J connectivity index is 3.38. The molecule has 0 aromatic carbocycles. The Morgan fingerprint density at radius 2 is 2.11 bits per heavy atom. The van der Waals surface area contributed by atoms with Gasteiger partial charge in [-0.2, -0.15) is 10.2 Å². The fraction of sp³-hybridized carbons (Fsp3) is 0.714. The van der Waals surface area contributed by atoms with Gasteiger partial charge in [-0.25, -0.2) is 0 Å². The van der Waals surface area contributed by atoms with Crippen LogP contribution >= 0.6 is 0 Å². The summed E-state index contributed by atoms with van der Waals surface area (Å²) in [5, 5.41) is 7.76. The Labute approximate surface area is 56.7 Å². The van der Waals surface area contributed by atoms with Gasteiger partial charge in [0.2, 0.25) is 0 Å². The lowest BCUT2D eigenvalue weighted by Crippen LogP contribution is -1.79. The van der Waals surface area contributed by atoms with Gasteiger partial charge in [0, 0.05) is 0 Å². The summed E-state index contributed by atoms with van der Waals surface area (Å²) in [6.07, 6.45) is 2.05. The third kappa shape index (κ3) is 5.21. The van der Waals surface area contributed by atoms with Crippen molar-refractivity contribution in [3.05, 3.63) is 11.6 Å². The second kappa shape index (κ2) is 5.48. The SMILES string of the molecule is CC=C(C)CN=NCC. The van der Waals surface area contributed by atoms with E-state index < -0.39 is 0 Å². The van der Waals surface area contributed by atoms with E-state index in [4.69, 9.17) is 0 Å². The van der Waals surface area contributed by atoms with E-state index in [9.17, 15) is 0 Å². The monoisotopic (exact) mass is 126 g/mol. The largest absolute Gasteiger partial charge is 0.194 e. The molecule has 0 amide bonds. The van der Waals surface area contributed by atoms with Crippen molar-refractivity contribution < 1.29 is 0 Å². The third-order valence-corrected chi connectivity index (χ3v) is 1.05. The van der Waals surface area contributed by atoms with Gasteiger partial charge >= 0.3 is 0 Å². The van der Waals surface area contributed by atoms with Gasteiger partial charge < -0.3 is 0 Å². The smallest absolute Gasteiger partial charge is 0.0806 e. The minimum Gasteiger partial charge on any atom is -0.194 e. The molecule has 2 heteroatoms. The molecular weight excluding hydrogens is 112 g/mol. The summed E-state index contributed by atoms with van der Waals surface area (Å²) >= 11 is 0. The number of hydrogen-bond acceptors (Lipinski definition) is 2. The van der Waals surface area contributed by atoms with Gasteiger partial charge in [-0.15, -0.1) is 0 Å². The molecule has 0 heterocycles. The lowest BCUT2D eigenvalue weighted by Gasteiger charge is -1.88. The van der Waals surface area contributed by atoms with Crippen LogP contribution in [0.5, 0.6) is 0 Å². The first-order valence-corrected chi connectivity index (χ1v) is 3.26. The Hall–Kier alpha value is -0.660. The highest BCUT2D eigenvalue weighted by Gasteiger charge is 1.80. The second-order valence-corrected chi connectivity index (χ2v) is 1.89. The first kappa shape index (κ1) is 8.34. The molecule has 0 aliphatic carbocycles. The number of rotatable bonds is 3. The maximum Gasteiger partial charge on any atom is 0.0806 e. The van der Waals surface area contributed by atoms with Crippen LogP contribution in [0.4, 0.5) is 0 Å². The molecule has 2 nitrogen and oxygen atoms in total. The Morgan fingerprint density at radius 1 is 1.44 bits per heavy atom. The minimum atomic E-state index is 0.754. The van der Waals surface area contributed by atoms with Gasteiger partial charge in [0.25, 0.3) is 0 Å². The van der Waals surface area contributed by atoms with Crippen molar-refractivity contribution in [2.24, 2.45) is 10.2 Å². The average Bonchev–Trinajstić information content (AvgIpc) is 1.89. The van der Waals surface area contributed by atoms with E-state index >= 15 is 0 Å². The summed E-state index contributed by atoms with van der Waals surface area (Å²) in [6.45, 7) is 7.58. The Morgan fingerprint density at radius 3 is 2.56 bits per heavy atom. The van der Waals surface area contributed by atoms with E-state index in [0.717, 1.165) is 13.1 Å². The molecule has 0 aliphatic heterocycles. The van der Waals surface area contributed by atoms with Crippen LogP contribution in [0.25, 0.3) is 0 Å². The second-order valence-electron chi connectivity index (χ2n) is 1.89. The molecule has 0 spiro atoms. The predicted molar refractivity (Wildman–Crippen MR) is 39.7 cm³/mol. The fourth-order valence-electron chi connectivity index (χ4n) is 0.353. The highest BCUT2D eigenvalue weighted by molar-refractivity contribution is 4.97. The van der Waals surface area contributed by atoms with Crippen LogP contribution in [-0.4, -0.2) is 13.1 Å². The lowest BCUT2D eigenvalue weighted by atomic mass is 10.3. The number of azo groups is 1. The topological polar surface area (TPSA) is 24.7 Å². The highest BCUT2D eigenvalue weighted by Crippen LogP contribution is 1.91. The maximum atomic E-state index is 3.92. The minimum absolute atomic E-state index is 0.754. The van der Waals surface area contributed by atoms with Crippen molar-refractivity contribution in [1.82, 2.24) is 0 Å². The van der Waals surface area contributed by atoms with E-state index in [1.54, 1.807) is 0 Å². The maximum absolute atomic E-state index is 3.92. The number of hydrogen-bond donors (Lipinski definition) is 0. The molecule has 0 rings (SSSR count). The van der Waals surface area contributed by atoms with Gasteiger partial charge in [0.1, 0.15) is 0 Å². The van der Waals surface area contributed by atoms with Crippen LogP contribution in [0, 0.1) is 0 Å². The summed E-state index contributed by atoms with van der Waals surface area (Å²) in [7, 11) is 0. The summed E-state index contributed by atoms with van der Waals surface area (Å²) in [5.74, 6) is 0. The normalized spacial score (nSPS) is 13.0. The Bertz CT molecular complexity index is 114. The molecule has 0 N–H and O–H groups in total. The van der Waals surface area contributed by atoms with E-state index in [0.29, 0.717) is 0 Å². The molecular formula is C7H14N2. The van der Waals surface area contributed by atoms with Crippen LogP contribution < -0.4 is 0 Å². The van der Waals surface area contributed by atoms with Crippen molar-refractivity contribution >= 4 is 0 Å². The average molecular weight is 126 g/mol. The molecule has 0 saturated heterocycles. The van der Waals surface area contributed by atoms with E-state index in [1.165, 1.54) is 5.57 Å². The van der Waals surface area contributed by atoms with Crippen molar-refractivity contribution in [3.63, 3.8) is 0 Å².